The molecular formula is C22H36N6. The first-order valence-corrected chi connectivity index (χ1v) is 11.1. The van der Waals surface area contributed by atoms with Crippen molar-refractivity contribution in [1.29, 1.82) is 5.26 Å². The van der Waals surface area contributed by atoms with Gasteiger partial charge in [0.1, 0.15) is 5.82 Å². The zero-order chi connectivity index (χ0) is 19.9. The Hall–Kier alpha value is -1.76. The lowest BCUT2D eigenvalue weighted by Crippen LogP contribution is -2.33. The van der Waals surface area contributed by atoms with Crippen molar-refractivity contribution in [3.8, 4) is 6.07 Å². The Bertz CT molecular complexity index is 578. The standard InChI is InChI=1S/C22H36N6/c1-19-8-4-10-25(19)12-6-14-27-16-17-28(22(27)21(18-23)24-3)15-7-13-26-11-5-9-20(26)2/h19-20H,4-17H2,1-2H3. The molecule has 0 bridgehead atoms. The zero-order valence-electron chi connectivity index (χ0n) is 17.7. The quantitative estimate of drug-likeness (QED) is 0.475. The van der Waals surface area contributed by atoms with Crippen LogP contribution in [0.5, 0.6) is 0 Å². The molecule has 0 aromatic rings. The summed E-state index contributed by atoms with van der Waals surface area (Å²) in [6.07, 6.45) is 7.46. The highest BCUT2D eigenvalue weighted by Crippen LogP contribution is 2.25. The lowest BCUT2D eigenvalue weighted by atomic mass is 10.2. The molecule has 2 atom stereocenters. The van der Waals surface area contributed by atoms with Crippen LogP contribution >= 0.6 is 0 Å². The van der Waals surface area contributed by atoms with Crippen molar-refractivity contribution in [2.75, 3.05) is 52.4 Å². The summed E-state index contributed by atoms with van der Waals surface area (Å²) in [7, 11) is 0. The van der Waals surface area contributed by atoms with Crippen LogP contribution in [0, 0.1) is 17.9 Å². The second kappa shape index (κ2) is 10.1. The van der Waals surface area contributed by atoms with Crippen LogP contribution < -0.4 is 0 Å². The van der Waals surface area contributed by atoms with Gasteiger partial charge in [-0.1, -0.05) is 0 Å². The maximum atomic E-state index is 9.50. The predicted molar refractivity (Wildman–Crippen MR) is 112 cm³/mol. The first kappa shape index (κ1) is 21.0. The Morgan fingerprint density at radius 2 is 1.43 bits per heavy atom. The van der Waals surface area contributed by atoms with Crippen LogP contribution in [0.4, 0.5) is 0 Å². The number of nitriles is 1. The van der Waals surface area contributed by atoms with E-state index in [1.807, 2.05) is 0 Å². The van der Waals surface area contributed by atoms with E-state index in [1.165, 1.54) is 38.8 Å². The van der Waals surface area contributed by atoms with E-state index in [0.717, 1.165) is 57.9 Å². The van der Waals surface area contributed by atoms with E-state index in [9.17, 15) is 5.26 Å². The molecular weight excluding hydrogens is 348 g/mol. The van der Waals surface area contributed by atoms with Crippen LogP contribution in [0.1, 0.15) is 52.4 Å². The Kier molecular flexibility index (Phi) is 7.59. The monoisotopic (exact) mass is 384 g/mol. The molecule has 6 nitrogen and oxygen atoms in total. The average Bonchev–Trinajstić information content (AvgIpc) is 3.39. The molecule has 3 aliphatic rings. The highest BCUT2D eigenvalue weighted by atomic mass is 15.4. The zero-order valence-corrected chi connectivity index (χ0v) is 17.7. The Labute approximate surface area is 171 Å². The molecule has 3 heterocycles. The first-order chi connectivity index (χ1) is 13.6. The van der Waals surface area contributed by atoms with Crippen molar-refractivity contribution in [1.82, 2.24) is 19.6 Å². The number of rotatable bonds is 8. The first-order valence-electron chi connectivity index (χ1n) is 11.1. The van der Waals surface area contributed by atoms with Gasteiger partial charge in [-0.05, 0) is 65.5 Å². The van der Waals surface area contributed by atoms with Gasteiger partial charge >= 0.3 is 5.70 Å². The minimum absolute atomic E-state index is 0.265. The predicted octanol–water partition coefficient (Wildman–Crippen LogP) is 2.96. The highest BCUT2D eigenvalue weighted by molar-refractivity contribution is 5.33. The summed E-state index contributed by atoms with van der Waals surface area (Å²) >= 11 is 0. The Morgan fingerprint density at radius 1 is 0.929 bits per heavy atom. The lowest BCUT2D eigenvalue weighted by Gasteiger charge is -2.28. The van der Waals surface area contributed by atoms with E-state index in [2.05, 4.69) is 44.4 Å². The molecule has 0 radical (unpaired) electrons. The van der Waals surface area contributed by atoms with Gasteiger partial charge in [0.2, 0.25) is 0 Å². The Morgan fingerprint density at radius 3 is 1.79 bits per heavy atom. The summed E-state index contributed by atoms with van der Waals surface area (Å²) < 4.78 is 0. The molecule has 0 aromatic heterocycles. The SMILES string of the molecule is [C-]#[N+]C(C#N)=C1N(CCCN2CCCC2C)CCN1CCCN1CCCC1C. The van der Waals surface area contributed by atoms with Gasteiger partial charge in [-0.2, -0.15) is 0 Å². The van der Waals surface area contributed by atoms with Crippen molar-refractivity contribution < 1.29 is 0 Å². The van der Waals surface area contributed by atoms with E-state index >= 15 is 0 Å². The summed E-state index contributed by atoms with van der Waals surface area (Å²) in [5, 5.41) is 9.50. The van der Waals surface area contributed by atoms with Crippen LogP contribution in [0.2, 0.25) is 0 Å². The van der Waals surface area contributed by atoms with Crippen molar-refractivity contribution in [3.05, 3.63) is 22.9 Å². The van der Waals surface area contributed by atoms with Gasteiger partial charge in [0, 0.05) is 51.4 Å². The maximum absolute atomic E-state index is 9.50. The van der Waals surface area contributed by atoms with Gasteiger partial charge in [0.15, 0.2) is 0 Å². The smallest absolute Gasteiger partial charge is 0.300 e. The maximum Gasteiger partial charge on any atom is 0.300 e. The number of allylic oxidation sites excluding steroid dienone is 1. The van der Waals surface area contributed by atoms with Crippen molar-refractivity contribution in [3.63, 3.8) is 0 Å². The van der Waals surface area contributed by atoms with Crippen molar-refractivity contribution >= 4 is 0 Å². The molecule has 0 saturated carbocycles. The summed E-state index contributed by atoms with van der Waals surface area (Å²) in [4.78, 5) is 13.3. The third kappa shape index (κ3) is 4.99. The summed E-state index contributed by atoms with van der Waals surface area (Å²) in [5.41, 5.74) is 0.265. The number of hydrogen-bond acceptors (Lipinski definition) is 5. The lowest BCUT2D eigenvalue weighted by molar-refractivity contribution is 0.237. The molecule has 6 heteroatoms. The molecule has 3 saturated heterocycles. The fraction of sp³-hybridized carbons (Fsp3) is 0.818. The molecule has 3 rings (SSSR count). The van der Waals surface area contributed by atoms with Crippen LogP contribution in [-0.4, -0.2) is 84.0 Å². The van der Waals surface area contributed by atoms with Gasteiger partial charge in [-0.15, -0.1) is 0 Å². The topological polar surface area (TPSA) is 41.1 Å². The fourth-order valence-electron chi connectivity index (χ4n) is 5.09. The molecule has 28 heavy (non-hydrogen) atoms. The summed E-state index contributed by atoms with van der Waals surface area (Å²) in [6.45, 7) is 20.5. The van der Waals surface area contributed by atoms with Crippen LogP contribution in [-0.2, 0) is 0 Å². The molecule has 3 fully saturated rings. The van der Waals surface area contributed by atoms with E-state index in [4.69, 9.17) is 6.57 Å². The van der Waals surface area contributed by atoms with Gasteiger partial charge < -0.3 is 19.6 Å². The van der Waals surface area contributed by atoms with E-state index in [0.29, 0.717) is 12.1 Å². The van der Waals surface area contributed by atoms with Crippen LogP contribution in [0.3, 0.4) is 0 Å². The van der Waals surface area contributed by atoms with E-state index in [-0.39, 0.29) is 5.70 Å². The molecule has 2 unspecified atom stereocenters. The third-order valence-electron chi connectivity index (χ3n) is 6.80. The van der Waals surface area contributed by atoms with Crippen molar-refractivity contribution in [2.24, 2.45) is 0 Å². The summed E-state index contributed by atoms with van der Waals surface area (Å²) in [5.74, 6) is 0.890. The van der Waals surface area contributed by atoms with E-state index in [1.54, 1.807) is 0 Å². The largest absolute Gasteiger partial charge is 0.365 e. The molecule has 0 amide bonds. The fourth-order valence-corrected chi connectivity index (χ4v) is 5.09. The van der Waals surface area contributed by atoms with Gasteiger partial charge in [0.25, 0.3) is 0 Å². The average molecular weight is 385 g/mol. The van der Waals surface area contributed by atoms with Gasteiger partial charge in [-0.3, -0.25) is 0 Å². The minimum Gasteiger partial charge on any atom is -0.365 e. The molecule has 0 aliphatic carbocycles. The van der Waals surface area contributed by atoms with Gasteiger partial charge in [0.05, 0.1) is 12.6 Å². The molecule has 0 N–H and O–H groups in total. The third-order valence-corrected chi connectivity index (χ3v) is 6.80. The summed E-state index contributed by atoms with van der Waals surface area (Å²) in [6, 6.07) is 3.56. The normalized spacial score (nSPS) is 26.1. The molecule has 0 spiro atoms. The van der Waals surface area contributed by atoms with Crippen LogP contribution in [0.25, 0.3) is 4.85 Å². The minimum atomic E-state index is 0.265. The van der Waals surface area contributed by atoms with Gasteiger partial charge in [-0.25, -0.2) is 10.1 Å². The Balaban J connectivity index is 1.53. The molecule has 154 valence electrons. The second-order valence-corrected chi connectivity index (χ2v) is 8.63. The second-order valence-electron chi connectivity index (χ2n) is 8.63. The van der Waals surface area contributed by atoms with E-state index < -0.39 is 0 Å². The molecule has 0 aromatic carbocycles. The highest BCUT2D eigenvalue weighted by Gasteiger charge is 2.29. The number of likely N-dealkylation sites (tertiary alicyclic amines) is 2. The van der Waals surface area contributed by atoms with Crippen LogP contribution in [0.15, 0.2) is 11.5 Å². The number of nitrogens with zero attached hydrogens (tertiary/aromatic N) is 6. The molecule has 3 aliphatic heterocycles. The number of hydrogen-bond donors (Lipinski definition) is 0. The van der Waals surface area contributed by atoms with Crippen molar-refractivity contribution in [2.45, 2.75) is 64.5 Å².